The van der Waals surface area contributed by atoms with Crippen molar-refractivity contribution in [3.05, 3.63) is 23.5 Å². The van der Waals surface area contributed by atoms with E-state index < -0.39 is 0 Å². The van der Waals surface area contributed by atoms with Gasteiger partial charge >= 0.3 is 5.97 Å². The van der Waals surface area contributed by atoms with Crippen LogP contribution in [0.4, 0.5) is 0 Å². The molecule has 0 aliphatic heterocycles. The van der Waals surface area contributed by atoms with E-state index in [0.29, 0.717) is 0 Å². The molecular formula is C9H12N2O2. The molecule has 0 saturated carbocycles. The number of hydrogen-bond donors (Lipinski definition) is 0. The highest BCUT2D eigenvalue weighted by Crippen LogP contribution is 2.07. The molecule has 0 aliphatic carbocycles. The first-order valence-corrected chi connectivity index (χ1v) is 3.89. The van der Waals surface area contributed by atoms with Gasteiger partial charge in [-0.05, 0) is 18.6 Å². The largest absolute Gasteiger partial charge is 0.466 e. The van der Waals surface area contributed by atoms with Crippen LogP contribution in [0.2, 0.25) is 0 Å². The minimum absolute atomic E-state index is 0.361. The van der Waals surface area contributed by atoms with Gasteiger partial charge in [0.05, 0.1) is 19.0 Å². The van der Waals surface area contributed by atoms with Crippen LogP contribution >= 0.6 is 0 Å². The number of aryl methyl sites for hydroxylation is 2. The summed E-state index contributed by atoms with van der Waals surface area (Å²) in [6, 6.07) is 0. The summed E-state index contributed by atoms with van der Waals surface area (Å²) in [5, 5.41) is 4.03. The zero-order chi connectivity index (χ0) is 9.84. The molecule has 0 amide bonds. The normalized spacial score (nSPS) is 10.7. The van der Waals surface area contributed by atoms with Gasteiger partial charge in [-0.3, -0.25) is 4.68 Å². The Morgan fingerprint density at radius 2 is 2.38 bits per heavy atom. The summed E-state index contributed by atoms with van der Waals surface area (Å²) in [5.74, 6) is -0.361. The number of methoxy groups -OCH3 is 1. The van der Waals surface area contributed by atoms with Crippen molar-refractivity contribution in [2.24, 2.45) is 7.05 Å². The molecule has 4 heteroatoms. The number of hydrogen-bond acceptors (Lipinski definition) is 3. The summed E-state index contributed by atoms with van der Waals surface area (Å²) in [6.07, 6.45) is 4.81. The Hall–Kier alpha value is -1.58. The standard InChI is InChI=1S/C9H12N2O2/c1-7-6-10-11(2)8(7)4-5-9(12)13-3/h4-6H,1-3H3/b5-4+. The first-order valence-electron chi connectivity index (χ1n) is 3.89. The van der Waals surface area contributed by atoms with Crippen molar-refractivity contribution in [2.75, 3.05) is 7.11 Å². The molecule has 0 N–H and O–H groups in total. The average molecular weight is 180 g/mol. The molecule has 13 heavy (non-hydrogen) atoms. The van der Waals surface area contributed by atoms with Gasteiger partial charge in [0.15, 0.2) is 0 Å². The first kappa shape index (κ1) is 9.51. The van der Waals surface area contributed by atoms with E-state index in [2.05, 4.69) is 9.84 Å². The summed E-state index contributed by atoms with van der Waals surface area (Å²) in [7, 11) is 3.17. The van der Waals surface area contributed by atoms with Crippen molar-refractivity contribution in [3.8, 4) is 0 Å². The van der Waals surface area contributed by atoms with Gasteiger partial charge in [0.1, 0.15) is 0 Å². The van der Waals surface area contributed by atoms with Crippen LogP contribution in [0.5, 0.6) is 0 Å². The van der Waals surface area contributed by atoms with E-state index >= 15 is 0 Å². The fourth-order valence-corrected chi connectivity index (χ4v) is 1.01. The van der Waals surface area contributed by atoms with Crippen molar-refractivity contribution >= 4 is 12.0 Å². The molecule has 0 aromatic carbocycles. The molecule has 1 rings (SSSR count). The number of esters is 1. The van der Waals surface area contributed by atoms with Gasteiger partial charge in [0.2, 0.25) is 0 Å². The minimum Gasteiger partial charge on any atom is -0.466 e. The molecule has 0 atom stereocenters. The molecule has 0 bridgehead atoms. The van der Waals surface area contributed by atoms with Gasteiger partial charge in [-0.25, -0.2) is 4.79 Å². The van der Waals surface area contributed by atoms with Gasteiger partial charge in [0.25, 0.3) is 0 Å². The quantitative estimate of drug-likeness (QED) is 0.502. The van der Waals surface area contributed by atoms with Gasteiger partial charge in [-0.2, -0.15) is 5.10 Å². The number of nitrogens with zero attached hydrogens (tertiary/aromatic N) is 2. The lowest BCUT2D eigenvalue weighted by atomic mass is 10.2. The third-order valence-corrected chi connectivity index (χ3v) is 1.76. The lowest BCUT2D eigenvalue weighted by Gasteiger charge is -1.95. The van der Waals surface area contributed by atoms with Gasteiger partial charge in [-0.1, -0.05) is 0 Å². The molecule has 70 valence electrons. The predicted molar refractivity (Wildman–Crippen MR) is 49.0 cm³/mol. The fraction of sp³-hybridized carbons (Fsp3) is 0.333. The fourth-order valence-electron chi connectivity index (χ4n) is 1.01. The smallest absolute Gasteiger partial charge is 0.330 e. The Balaban J connectivity index is 2.85. The van der Waals surface area contributed by atoms with Gasteiger partial charge < -0.3 is 4.74 Å². The summed E-state index contributed by atoms with van der Waals surface area (Å²) in [6.45, 7) is 1.93. The maximum Gasteiger partial charge on any atom is 0.330 e. The zero-order valence-corrected chi connectivity index (χ0v) is 7.94. The van der Waals surface area contributed by atoms with Crippen LogP contribution in [0.3, 0.4) is 0 Å². The Labute approximate surface area is 76.8 Å². The predicted octanol–water partition coefficient (Wildman–Crippen LogP) is 0.915. The van der Waals surface area contributed by atoms with E-state index in [4.69, 9.17) is 0 Å². The molecule has 0 saturated heterocycles. The first-order chi connectivity index (χ1) is 6.15. The van der Waals surface area contributed by atoms with Crippen molar-refractivity contribution in [1.82, 2.24) is 9.78 Å². The third-order valence-electron chi connectivity index (χ3n) is 1.76. The monoisotopic (exact) mass is 180 g/mol. The summed E-state index contributed by atoms with van der Waals surface area (Å²) in [5.41, 5.74) is 1.94. The van der Waals surface area contributed by atoms with E-state index in [1.54, 1.807) is 17.0 Å². The lowest BCUT2D eigenvalue weighted by molar-refractivity contribution is -0.134. The second-order valence-electron chi connectivity index (χ2n) is 2.69. The molecule has 1 aromatic rings. The highest BCUT2D eigenvalue weighted by atomic mass is 16.5. The Kier molecular flexibility index (Phi) is 2.84. The number of carbonyl (C=O) groups excluding carboxylic acids is 1. The van der Waals surface area contributed by atoms with Crippen molar-refractivity contribution in [1.29, 1.82) is 0 Å². The minimum atomic E-state index is -0.361. The van der Waals surface area contributed by atoms with Crippen LogP contribution in [0.15, 0.2) is 12.3 Å². The number of rotatable bonds is 2. The Morgan fingerprint density at radius 1 is 1.69 bits per heavy atom. The Bertz CT molecular complexity index is 320. The lowest BCUT2D eigenvalue weighted by Crippen LogP contribution is -1.96. The van der Waals surface area contributed by atoms with Gasteiger partial charge in [-0.15, -0.1) is 0 Å². The molecule has 1 heterocycles. The van der Waals surface area contributed by atoms with E-state index in [0.717, 1.165) is 11.3 Å². The van der Waals surface area contributed by atoms with Crippen LogP contribution in [-0.2, 0) is 16.6 Å². The highest BCUT2D eigenvalue weighted by Gasteiger charge is 2.00. The molecular weight excluding hydrogens is 168 g/mol. The van der Waals surface area contributed by atoms with Crippen LogP contribution in [0, 0.1) is 6.92 Å². The molecule has 1 aromatic heterocycles. The molecule has 0 fully saturated rings. The molecule has 0 aliphatic rings. The second-order valence-corrected chi connectivity index (χ2v) is 2.69. The molecule has 0 spiro atoms. The SMILES string of the molecule is COC(=O)/C=C/c1c(C)cnn1C. The molecule has 0 unspecified atom stereocenters. The third kappa shape index (κ3) is 2.18. The van der Waals surface area contributed by atoms with Crippen LogP contribution in [0.25, 0.3) is 6.08 Å². The Morgan fingerprint density at radius 3 is 2.85 bits per heavy atom. The van der Waals surface area contributed by atoms with Gasteiger partial charge in [0, 0.05) is 13.1 Å². The van der Waals surface area contributed by atoms with E-state index in [-0.39, 0.29) is 5.97 Å². The van der Waals surface area contributed by atoms with Crippen molar-refractivity contribution in [3.63, 3.8) is 0 Å². The number of ether oxygens (including phenoxy) is 1. The van der Waals surface area contributed by atoms with Crippen LogP contribution in [-0.4, -0.2) is 22.9 Å². The van der Waals surface area contributed by atoms with E-state index in [1.165, 1.54) is 13.2 Å². The second kappa shape index (κ2) is 3.89. The average Bonchev–Trinajstić information content (AvgIpc) is 2.43. The topological polar surface area (TPSA) is 44.1 Å². The number of aromatic nitrogens is 2. The maximum absolute atomic E-state index is 10.8. The van der Waals surface area contributed by atoms with Crippen molar-refractivity contribution < 1.29 is 9.53 Å². The molecule has 4 nitrogen and oxygen atoms in total. The van der Waals surface area contributed by atoms with Crippen molar-refractivity contribution in [2.45, 2.75) is 6.92 Å². The van der Waals surface area contributed by atoms with E-state index in [9.17, 15) is 4.79 Å². The van der Waals surface area contributed by atoms with E-state index in [1.807, 2.05) is 14.0 Å². The van der Waals surface area contributed by atoms with Crippen LogP contribution in [0.1, 0.15) is 11.3 Å². The summed E-state index contributed by atoms with van der Waals surface area (Å²) < 4.78 is 6.18. The summed E-state index contributed by atoms with van der Waals surface area (Å²) in [4.78, 5) is 10.8. The highest BCUT2D eigenvalue weighted by molar-refractivity contribution is 5.86. The number of carbonyl (C=O) groups is 1. The molecule has 0 radical (unpaired) electrons. The maximum atomic E-state index is 10.8. The summed E-state index contributed by atoms with van der Waals surface area (Å²) >= 11 is 0. The zero-order valence-electron chi connectivity index (χ0n) is 7.94. The van der Waals surface area contributed by atoms with Crippen LogP contribution < -0.4 is 0 Å².